The molecule has 2 rings (SSSR count). The number of ether oxygens (including phenoxy) is 2. The molecule has 0 saturated heterocycles. The first-order valence-electron chi connectivity index (χ1n) is 7.66. The summed E-state index contributed by atoms with van der Waals surface area (Å²) in [5, 5.41) is 1.75. The molecule has 2 aromatic rings. The average Bonchev–Trinajstić information content (AvgIpc) is 2.63. The number of benzene rings is 2. The Hall–Kier alpha value is -2.83. The zero-order valence-electron chi connectivity index (χ0n) is 14.2. The molecule has 0 fully saturated rings. The second-order valence-electron chi connectivity index (χ2n) is 5.56. The number of carbonyl (C=O) groups excluding carboxylic acids is 2. The van der Waals surface area contributed by atoms with E-state index in [2.05, 4.69) is 9.47 Å². The third-order valence-electron chi connectivity index (χ3n) is 4.10. The van der Waals surface area contributed by atoms with Gasteiger partial charge in [-0.2, -0.15) is 13.2 Å². The van der Waals surface area contributed by atoms with Crippen LogP contribution in [-0.4, -0.2) is 32.3 Å². The number of hydrogen-bond acceptors (Lipinski definition) is 4. The van der Waals surface area contributed by atoms with Gasteiger partial charge in [0.15, 0.2) is 0 Å². The Labute approximate surface area is 148 Å². The summed E-state index contributed by atoms with van der Waals surface area (Å²) < 4.78 is 49.3. The highest BCUT2D eigenvalue weighted by Gasteiger charge is 2.67. The molecule has 0 saturated carbocycles. The van der Waals surface area contributed by atoms with Crippen LogP contribution in [0.1, 0.15) is 12.0 Å². The van der Waals surface area contributed by atoms with E-state index < -0.39 is 30.0 Å². The van der Waals surface area contributed by atoms with Crippen molar-refractivity contribution in [3.05, 3.63) is 54.1 Å². The predicted octanol–water partition coefficient (Wildman–Crippen LogP) is 4.14. The Morgan fingerprint density at radius 2 is 1.54 bits per heavy atom. The summed E-state index contributed by atoms with van der Waals surface area (Å²) in [7, 11) is 1.58. The van der Waals surface area contributed by atoms with Crippen molar-refractivity contribution in [2.24, 2.45) is 5.41 Å². The number of fused-ring (bicyclic) bond motifs is 1. The van der Waals surface area contributed by atoms with Crippen molar-refractivity contribution in [2.45, 2.75) is 12.6 Å². The van der Waals surface area contributed by atoms with Crippen LogP contribution in [0.4, 0.5) is 13.2 Å². The minimum Gasteiger partial charge on any atom is -0.468 e. The van der Waals surface area contributed by atoms with Crippen LogP contribution in [0, 0.1) is 5.41 Å². The smallest absolute Gasteiger partial charge is 0.415 e. The number of carbonyl (C=O) groups is 2. The summed E-state index contributed by atoms with van der Waals surface area (Å²) in [5.74, 6) is -3.42. The predicted molar refractivity (Wildman–Crippen MR) is 90.1 cm³/mol. The zero-order chi connectivity index (χ0) is 19.4. The van der Waals surface area contributed by atoms with Gasteiger partial charge in [-0.15, -0.1) is 0 Å². The minimum absolute atomic E-state index is 0.661. The van der Waals surface area contributed by atoms with Crippen molar-refractivity contribution in [3.63, 3.8) is 0 Å². The van der Waals surface area contributed by atoms with Crippen LogP contribution < -0.4 is 0 Å². The molecule has 26 heavy (non-hydrogen) atoms. The molecule has 0 aliphatic rings. The van der Waals surface area contributed by atoms with Gasteiger partial charge in [-0.05, 0) is 16.3 Å². The van der Waals surface area contributed by atoms with Gasteiger partial charge in [0.2, 0.25) is 0 Å². The van der Waals surface area contributed by atoms with E-state index in [4.69, 9.17) is 0 Å². The minimum atomic E-state index is -5.17. The first-order chi connectivity index (χ1) is 12.3. The molecule has 4 nitrogen and oxygen atoms in total. The van der Waals surface area contributed by atoms with Gasteiger partial charge in [0.05, 0.1) is 14.2 Å². The molecule has 0 atom stereocenters. The summed E-state index contributed by atoms with van der Waals surface area (Å²) in [6, 6.07) is 12.7. The molecule has 0 radical (unpaired) electrons. The quantitative estimate of drug-likeness (QED) is 0.590. The monoisotopic (exact) mass is 366 g/mol. The van der Waals surface area contributed by atoms with Crippen molar-refractivity contribution in [2.75, 3.05) is 14.2 Å². The maximum atomic E-state index is 13.6. The van der Waals surface area contributed by atoms with Crippen LogP contribution in [0.15, 0.2) is 48.5 Å². The molecule has 0 bridgehead atoms. The van der Waals surface area contributed by atoms with Crippen molar-refractivity contribution >= 4 is 28.8 Å². The van der Waals surface area contributed by atoms with Gasteiger partial charge in [0.25, 0.3) is 5.41 Å². The molecule has 0 aliphatic carbocycles. The SMILES string of the molecule is COC(=O)C(C/C=C/c1cccc2ccccc12)(C(=O)OC)C(F)(F)F. The maximum Gasteiger partial charge on any atom is 0.415 e. The van der Waals surface area contributed by atoms with E-state index in [0.29, 0.717) is 5.56 Å². The van der Waals surface area contributed by atoms with Gasteiger partial charge >= 0.3 is 18.1 Å². The molecule has 0 heterocycles. The summed E-state index contributed by atoms with van der Waals surface area (Å²) in [6.45, 7) is 0. The molecule has 0 aliphatic heterocycles. The van der Waals surface area contributed by atoms with E-state index in [1.54, 1.807) is 12.1 Å². The van der Waals surface area contributed by atoms with E-state index in [-0.39, 0.29) is 0 Å². The standard InChI is InChI=1S/C19H17F3O4/c1-25-16(23)18(17(24)26-2,19(20,21)22)12-6-10-14-9-5-8-13-7-3-4-11-15(13)14/h3-11H,12H2,1-2H3/b10-6+. The van der Waals surface area contributed by atoms with Gasteiger partial charge in [0.1, 0.15) is 0 Å². The molecule has 0 amide bonds. The van der Waals surface area contributed by atoms with E-state index in [0.717, 1.165) is 31.1 Å². The average molecular weight is 366 g/mol. The maximum absolute atomic E-state index is 13.6. The van der Waals surface area contributed by atoms with Crippen LogP contribution in [0.2, 0.25) is 0 Å². The van der Waals surface area contributed by atoms with E-state index in [9.17, 15) is 22.8 Å². The lowest BCUT2D eigenvalue weighted by atomic mass is 9.83. The second kappa shape index (κ2) is 7.59. The molecule has 138 valence electrons. The fourth-order valence-corrected chi connectivity index (χ4v) is 2.70. The zero-order valence-corrected chi connectivity index (χ0v) is 14.2. The molecule has 0 spiro atoms. The summed E-state index contributed by atoms with van der Waals surface area (Å²) in [6.07, 6.45) is -3.53. The molecular weight excluding hydrogens is 349 g/mol. The van der Waals surface area contributed by atoms with Crippen molar-refractivity contribution in [1.29, 1.82) is 0 Å². The Bertz CT molecular complexity index is 819. The third kappa shape index (κ3) is 3.42. The molecule has 2 aromatic carbocycles. The topological polar surface area (TPSA) is 52.6 Å². The fourth-order valence-electron chi connectivity index (χ4n) is 2.70. The molecular formula is C19H17F3O4. The number of methoxy groups -OCH3 is 2. The number of allylic oxidation sites excluding steroid dienone is 1. The van der Waals surface area contributed by atoms with Crippen LogP contribution in [0.5, 0.6) is 0 Å². The molecule has 0 unspecified atom stereocenters. The Morgan fingerprint density at radius 3 is 2.12 bits per heavy atom. The highest BCUT2D eigenvalue weighted by atomic mass is 19.4. The first kappa shape index (κ1) is 19.5. The lowest BCUT2D eigenvalue weighted by Gasteiger charge is -2.29. The molecule has 0 N–H and O–H groups in total. The summed E-state index contributed by atoms with van der Waals surface area (Å²) in [5.41, 5.74) is -2.74. The Kier molecular flexibility index (Phi) is 5.69. The summed E-state index contributed by atoms with van der Waals surface area (Å²) >= 11 is 0. The van der Waals surface area contributed by atoms with Crippen LogP contribution in [0.3, 0.4) is 0 Å². The van der Waals surface area contributed by atoms with Crippen LogP contribution >= 0.6 is 0 Å². The van der Waals surface area contributed by atoms with Gasteiger partial charge in [-0.1, -0.05) is 54.6 Å². The summed E-state index contributed by atoms with van der Waals surface area (Å²) in [4.78, 5) is 23.7. The number of esters is 2. The normalized spacial score (nSPS) is 12.3. The van der Waals surface area contributed by atoms with Gasteiger partial charge in [-0.3, -0.25) is 9.59 Å². The molecule has 0 aromatic heterocycles. The lowest BCUT2D eigenvalue weighted by Crippen LogP contribution is -2.52. The van der Waals surface area contributed by atoms with Gasteiger partial charge in [-0.25, -0.2) is 0 Å². The first-order valence-corrected chi connectivity index (χ1v) is 7.66. The molecule has 7 heteroatoms. The number of rotatable bonds is 5. The lowest BCUT2D eigenvalue weighted by molar-refractivity contribution is -0.237. The van der Waals surface area contributed by atoms with E-state index in [1.165, 1.54) is 6.08 Å². The Balaban J connectivity index is 2.44. The van der Waals surface area contributed by atoms with Gasteiger partial charge in [0, 0.05) is 6.42 Å². The number of alkyl halides is 3. The number of halogens is 3. The highest BCUT2D eigenvalue weighted by molar-refractivity contribution is 6.01. The largest absolute Gasteiger partial charge is 0.468 e. The highest BCUT2D eigenvalue weighted by Crippen LogP contribution is 2.44. The number of hydrogen-bond donors (Lipinski definition) is 0. The van der Waals surface area contributed by atoms with Crippen LogP contribution in [0.25, 0.3) is 16.8 Å². The van der Waals surface area contributed by atoms with E-state index >= 15 is 0 Å². The van der Waals surface area contributed by atoms with Gasteiger partial charge < -0.3 is 9.47 Å². The second-order valence-corrected chi connectivity index (χ2v) is 5.56. The van der Waals surface area contributed by atoms with Crippen molar-refractivity contribution in [1.82, 2.24) is 0 Å². The van der Waals surface area contributed by atoms with E-state index in [1.807, 2.05) is 30.3 Å². The van der Waals surface area contributed by atoms with Crippen LogP contribution in [-0.2, 0) is 19.1 Å². The Morgan fingerprint density at radius 1 is 0.962 bits per heavy atom. The van der Waals surface area contributed by atoms with Crippen molar-refractivity contribution < 1.29 is 32.2 Å². The third-order valence-corrected chi connectivity index (χ3v) is 4.10. The fraction of sp³-hybridized carbons (Fsp3) is 0.263. The van der Waals surface area contributed by atoms with Crippen molar-refractivity contribution in [3.8, 4) is 0 Å².